The highest BCUT2D eigenvalue weighted by atomic mass is 16.2. The first-order valence-corrected chi connectivity index (χ1v) is 10.2. The van der Waals surface area contributed by atoms with E-state index in [2.05, 4.69) is 25.3 Å². The fourth-order valence-corrected chi connectivity index (χ4v) is 3.79. The molecule has 5 rings (SSSR count). The average Bonchev–Trinajstić information content (AvgIpc) is 3.57. The summed E-state index contributed by atoms with van der Waals surface area (Å²) in [6.07, 6.45) is 5.28. The Bertz CT molecular complexity index is 1100. The zero-order chi connectivity index (χ0) is 20.7. The highest BCUT2D eigenvalue weighted by molar-refractivity contribution is 5.97. The number of fused-ring (bicyclic) bond motifs is 1. The summed E-state index contributed by atoms with van der Waals surface area (Å²) in [5.74, 6) is 1.09. The Balaban J connectivity index is 1.22. The first-order chi connectivity index (χ1) is 14.6. The second-order valence-corrected chi connectivity index (χ2v) is 7.82. The zero-order valence-electron chi connectivity index (χ0n) is 16.8. The Hall–Kier alpha value is -3.49. The largest absolute Gasteiger partial charge is 0.352 e. The van der Waals surface area contributed by atoms with Crippen molar-refractivity contribution in [3.63, 3.8) is 0 Å². The number of hydrogen-bond acceptors (Lipinski definition) is 6. The summed E-state index contributed by atoms with van der Waals surface area (Å²) in [5, 5.41) is 8.09. The zero-order valence-corrected chi connectivity index (χ0v) is 16.8. The van der Waals surface area contributed by atoms with Crippen LogP contribution in [-0.2, 0) is 11.8 Å². The van der Waals surface area contributed by atoms with Crippen LogP contribution in [0, 0.1) is 5.92 Å². The van der Waals surface area contributed by atoms with Gasteiger partial charge in [-0.3, -0.25) is 14.3 Å². The van der Waals surface area contributed by atoms with Crippen LogP contribution in [-0.4, -0.2) is 62.6 Å². The molecule has 3 aromatic rings. The highest BCUT2D eigenvalue weighted by Crippen LogP contribution is 2.30. The number of benzene rings is 1. The van der Waals surface area contributed by atoms with E-state index in [4.69, 9.17) is 0 Å². The Morgan fingerprint density at radius 3 is 2.47 bits per heavy atom. The highest BCUT2D eigenvalue weighted by Gasteiger charge is 2.29. The number of carbonyl (C=O) groups is 2. The fourth-order valence-electron chi connectivity index (χ4n) is 3.79. The van der Waals surface area contributed by atoms with E-state index in [0.29, 0.717) is 31.7 Å². The molecule has 9 heteroatoms. The van der Waals surface area contributed by atoms with Crippen molar-refractivity contribution in [1.82, 2.24) is 24.6 Å². The number of carbonyl (C=O) groups excluding carboxylic acids is 2. The monoisotopic (exact) mass is 405 g/mol. The molecule has 0 radical (unpaired) electrons. The fraction of sp³-hybridized carbons (Fsp3) is 0.381. The van der Waals surface area contributed by atoms with Crippen molar-refractivity contribution in [2.45, 2.75) is 12.8 Å². The van der Waals surface area contributed by atoms with Crippen molar-refractivity contribution in [2.24, 2.45) is 13.0 Å². The maximum absolute atomic E-state index is 12.9. The number of nitrogens with zero attached hydrogens (tertiary/aromatic N) is 6. The van der Waals surface area contributed by atoms with E-state index in [9.17, 15) is 9.59 Å². The molecule has 1 saturated heterocycles. The van der Waals surface area contributed by atoms with Gasteiger partial charge in [-0.2, -0.15) is 5.10 Å². The number of nitrogens with one attached hydrogen (secondary N) is 1. The minimum absolute atomic E-state index is 0.00364. The smallest absolute Gasteiger partial charge is 0.253 e. The first kappa shape index (κ1) is 18.5. The van der Waals surface area contributed by atoms with Crippen LogP contribution in [0.25, 0.3) is 11.0 Å². The van der Waals surface area contributed by atoms with E-state index in [1.165, 1.54) is 0 Å². The van der Waals surface area contributed by atoms with Gasteiger partial charge in [-0.05, 0) is 37.1 Å². The number of anilines is 2. The maximum atomic E-state index is 12.9. The number of amides is 2. The molecule has 9 nitrogen and oxygen atoms in total. The molecule has 1 aliphatic heterocycles. The summed E-state index contributed by atoms with van der Waals surface area (Å²) in [6, 6.07) is 7.15. The molecule has 1 saturated carbocycles. The predicted molar refractivity (Wildman–Crippen MR) is 112 cm³/mol. The van der Waals surface area contributed by atoms with Gasteiger partial charge in [0, 0.05) is 50.4 Å². The molecule has 2 fully saturated rings. The Kier molecular flexibility index (Phi) is 4.57. The molecule has 3 heterocycles. The van der Waals surface area contributed by atoms with Crippen molar-refractivity contribution < 1.29 is 9.59 Å². The van der Waals surface area contributed by atoms with Crippen LogP contribution >= 0.6 is 0 Å². The van der Waals surface area contributed by atoms with Crippen molar-refractivity contribution >= 4 is 34.4 Å². The molecule has 0 atom stereocenters. The molecule has 1 aromatic carbocycles. The number of hydrogen-bond donors (Lipinski definition) is 1. The lowest BCUT2D eigenvalue weighted by atomic mass is 10.1. The van der Waals surface area contributed by atoms with Gasteiger partial charge in [-0.15, -0.1) is 0 Å². The van der Waals surface area contributed by atoms with Crippen LogP contribution in [0.5, 0.6) is 0 Å². The van der Waals surface area contributed by atoms with Gasteiger partial charge in [0.25, 0.3) is 5.91 Å². The van der Waals surface area contributed by atoms with Crippen LogP contribution in [0.3, 0.4) is 0 Å². The lowest BCUT2D eigenvalue weighted by Crippen LogP contribution is -2.49. The molecule has 2 aromatic heterocycles. The number of aryl methyl sites for hydroxylation is 1. The quantitative estimate of drug-likeness (QED) is 0.709. The van der Waals surface area contributed by atoms with Gasteiger partial charge in [-0.25, -0.2) is 9.97 Å². The van der Waals surface area contributed by atoms with E-state index >= 15 is 0 Å². The van der Waals surface area contributed by atoms with Gasteiger partial charge in [0.05, 0.1) is 11.6 Å². The molecule has 0 bridgehead atoms. The predicted octanol–water partition coefficient (Wildman–Crippen LogP) is 1.67. The minimum atomic E-state index is 0.00364. The molecule has 2 amide bonds. The van der Waals surface area contributed by atoms with Gasteiger partial charge in [0.15, 0.2) is 5.65 Å². The molecule has 2 aliphatic rings. The minimum Gasteiger partial charge on any atom is -0.352 e. The molecule has 0 unspecified atom stereocenters. The maximum Gasteiger partial charge on any atom is 0.253 e. The summed E-state index contributed by atoms with van der Waals surface area (Å²) < 4.78 is 1.73. The van der Waals surface area contributed by atoms with Crippen LogP contribution in [0.1, 0.15) is 23.2 Å². The van der Waals surface area contributed by atoms with Crippen molar-refractivity contribution in [3.05, 3.63) is 42.4 Å². The molecular weight excluding hydrogens is 382 g/mol. The molecule has 0 spiro atoms. The first-order valence-electron chi connectivity index (χ1n) is 10.2. The average molecular weight is 405 g/mol. The second-order valence-electron chi connectivity index (χ2n) is 7.82. The third-order valence-electron chi connectivity index (χ3n) is 5.72. The Labute approximate surface area is 173 Å². The van der Waals surface area contributed by atoms with Crippen molar-refractivity contribution in [3.8, 4) is 0 Å². The van der Waals surface area contributed by atoms with Crippen molar-refractivity contribution in [2.75, 3.05) is 36.4 Å². The number of rotatable bonds is 4. The topological polar surface area (TPSA) is 96.2 Å². The normalized spacial score (nSPS) is 16.7. The Morgan fingerprint density at radius 1 is 1.03 bits per heavy atom. The van der Waals surface area contributed by atoms with Gasteiger partial charge in [0.1, 0.15) is 12.1 Å². The van der Waals surface area contributed by atoms with E-state index < -0.39 is 0 Å². The van der Waals surface area contributed by atoms with E-state index in [1.54, 1.807) is 41.5 Å². The molecule has 30 heavy (non-hydrogen) atoms. The van der Waals surface area contributed by atoms with Crippen LogP contribution in [0.4, 0.5) is 11.5 Å². The van der Waals surface area contributed by atoms with Gasteiger partial charge in [0.2, 0.25) is 5.91 Å². The summed E-state index contributed by atoms with van der Waals surface area (Å²) in [5.41, 5.74) is 2.16. The third kappa shape index (κ3) is 3.47. The van der Waals surface area contributed by atoms with E-state index in [1.807, 2.05) is 11.9 Å². The molecular formula is C21H23N7O2. The summed E-state index contributed by atoms with van der Waals surface area (Å²) in [7, 11) is 1.86. The van der Waals surface area contributed by atoms with E-state index in [-0.39, 0.29) is 17.7 Å². The van der Waals surface area contributed by atoms with E-state index in [0.717, 1.165) is 35.4 Å². The molecule has 1 aliphatic carbocycles. The number of aromatic nitrogens is 4. The van der Waals surface area contributed by atoms with Crippen molar-refractivity contribution in [1.29, 1.82) is 0 Å². The SMILES string of the molecule is Cn1ncc2c(N3CCN(C(=O)c4ccc(NC(=O)C5CC5)cc4)CC3)ncnc21. The second kappa shape index (κ2) is 7.40. The van der Waals surface area contributed by atoms with Gasteiger partial charge < -0.3 is 15.1 Å². The van der Waals surface area contributed by atoms with Crippen LogP contribution < -0.4 is 10.2 Å². The third-order valence-corrected chi connectivity index (χ3v) is 5.72. The lowest BCUT2D eigenvalue weighted by Gasteiger charge is -2.35. The standard InChI is InChI=1S/C21H23N7O2/c1-26-18-17(12-24-26)19(23-13-22-18)27-8-10-28(11-9-27)21(30)15-4-6-16(7-5-15)25-20(29)14-2-3-14/h4-7,12-14H,2-3,8-11H2,1H3,(H,25,29). The number of piperazine rings is 1. The van der Waals surface area contributed by atoms with Gasteiger partial charge in [-0.1, -0.05) is 0 Å². The molecule has 154 valence electrons. The summed E-state index contributed by atoms with van der Waals surface area (Å²) >= 11 is 0. The summed E-state index contributed by atoms with van der Waals surface area (Å²) in [4.78, 5) is 37.5. The van der Waals surface area contributed by atoms with Crippen LogP contribution in [0.15, 0.2) is 36.8 Å². The van der Waals surface area contributed by atoms with Gasteiger partial charge >= 0.3 is 0 Å². The lowest BCUT2D eigenvalue weighted by molar-refractivity contribution is -0.117. The Morgan fingerprint density at radius 2 is 1.77 bits per heavy atom. The summed E-state index contributed by atoms with van der Waals surface area (Å²) in [6.45, 7) is 2.63. The van der Waals surface area contributed by atoms with Crippen LogP contribution in [0.2, 0.25) is 0 Å². The molecule has 1 N–H and O–H groups in total.